The van der Waals surface area contributed by atoms with Crippen LogP contribution in [0.25, 0.3) is 0 Å². The van der Waals surface area contributed by atoms with Gasteiger partial charge in [0.15, 0.2) is 9.84 Å². The van der Waals surface area contributed by atoms with Gasteiger partial charge in [-0.25, -0.2) is 8.42 Å². The molecule has 0 aromatic heterocycles. The predicted octanol–water partition coefficient (Wildman–Crippen LogP) is 2.31. The molecule has 1 aromatic carbocycles. The molecule has 0 radical (unpaired) electrons. The van der Waals surface area contributed by atoms with Gasteiger partial charge in [-0.1, -0.05) is 12.1 Å². The van der Waals surface area contributed by atoms with Gasteiger partial charge in [0.1, 0.15) is 0 Å². The Kier molecular flexibility index (Phi) is 4.56. The van der Waals surface area contributed by atoms with Crippen molar-refractivity contribution in [3.8, 4) is 0 Å². The van der Waals surface area contributed by atoms with Crippen LogP contribution in [0.4, 0.5) is 0 Å². The number of hydrogen-bond donors (Lipinski definition) is 1. The van der Waals surface area contributed by atoms with E-state index in [2.05, 4.69) is 31.3 Å². The van der Waals surface area contributed by atoms with Crippen molar-refractivity contribution in [3.63, 3.8) is 0 Å². The van der Waals surface area contributed by atoms with Crippen molar-refractivity contribution in [3.05, 3.63) is 34.4 Å². The van der Waals surface area contributed by atoms with Gasteiger partial charge in [0.05, 0.1) is 5.25 Å². The van der Waals surface area contributed by atoms with Gasteiger partial charge >= 0.3 is 0 Å². The van der Waals surface area contributed by atoms with E-state index in [1.807, 2.05) is 6.92 Å². The van der Waals surface area contributed by atoms with Crippen LogP contribution < -0.4 is 5.32 Å². The fourth-order valence-electron chi connectivity index (χ4n) is 2.21. The first-order valence-corrected chi connectivity index (χ1v) is 8.07. The van der Waals surface area contributed by atoms with Crippen LogP contribution in [0.15, 0.2) is 12.1 Å². The van der Waals surface area contributed by atoms with Gasteiger partial charge < -0.3 is 5.32 Å². The van der Waals surface area contributed by atoms with E-state index >= 15 is 0 Å². The zero-order valence-electron chi connectivity index (χ0n) is 12.0. The Labute approximate surface area is 111 Å². The second kappa shape index (κ2) is 5.41. The fraction of sp³-hybridized carbons (Fsp3) is 0.571. The zero-order valence-corrected chi connectivity index (χ0v) is 12.9. The molecule has 2 unspecified atom stereocenters. The first-order valence-electron chi connectivity index (χ1n) is 6.12. The Morgan fingerprint density at radius 3 is 2.00 bits per heavy atom. The molecule has 2 atom stereocenters. The number of rotatable bonds is 4. The maximum atomic E-state index is 11.7. The third kappa shape index (κ3) is 3.12. The van der Waals surface area contributed by atoms with Crippen LogP contribution in [0.5, 0.6) is 0 Å². The summed E-state index contributed by atoms with van der Waals surface area (Å²) in [6.45, 7) is 7.91. The largest absolute Gasteiger partial charge is 0.312 e. The summed E-state index contributed by atoms with van der Waals surface area (Å²) in [7, 11) is -1.26. The molecule has 0 heterocycles. The number of nitrogens with one attached hydrogen (secondary N) is 1. The van der Waals surface area contributed by atoms with Crippen molar-refractivity contribution in [2.75, 3.05) is 13.3 Å². The highest BCUT2D eigenvalue weighted by Crippen LogP contribution is 2.26. The van der Waals surface area contributed by atoms with E-state index in [4.69, 9.17) is 0 Å². The van der Waals surface area contributed by atoms with Gasteiger partial charge in [-0.05, 0) is 57.0 Å². The van der Waals surface area contributed by atoms with E-state index in [0.717, 1.165) is 11.1 Å². The summed E-state index contributed by atoms with van der Waals surface area (Å²) in [5, 5.41) is 2.69. The van der Waals surface area contributed by atoms with Crippen molar-refractivity contribution in [1.29, 1.82) is 0 Å². The lowest BCUT2D eigenvalue weighted by Crippen LogP contribution is -2.33. The number of hydrogen-bond acceptors (Lipinski definition) is 3. The second-order valence-electron chi connectivity index (χ2n) is 5.09. The van der Waals surface area contributed by atoms with Crippen LogP contribution in [0.3, 0.4) is 0 Å². The van der Waals surface area contributed by atoms with E-state index in [0.29, 0.717) is 0 Å². The highest BCUT2D eigenvalue weighted by atomic mass is 32.2. The molecule has 0 aliphatic rings. The molecule has 1 N–H and O–H groups in total. The average molecular weight is 269 g/mol. The van der Waals surface area contributed by atoms with Crippen LogP contribution in [0.1, 0.15) is 35.2 Å². The Bertz CT molecular complexity index is 535. The molecule has 0 fully saturated rings. The van der Waals surface area contributed by atoms with E-state index < -0.39 is 15.1 Å². The third-order valence-corrected chi connectivity index (χ3v) is 5.30. The van der Waals surface area contributed by atoms with Gasteiger partial charge in [-0.2, -0.15) is 0 Å². The summed E-state index contributed by atoms with van der Waals surface area (Å²) in [5.41, 5.74) is 4.63. The number of sulfone groups is 1. The average Bonchev–Trinajstić information content (AvgIpc) is 2.24. The van der Waals surface area contributed by atoms with E-state index in [1.54, 1.807) is 14.0 Å². The molecule has 4 heteroatoms. The fourth-order valence-corrected chi connectivity index (χ4v) is 2.99. The standard InChI is InChI=1S/C14H23NO2S/c1-9-7-11(3)13(8-10(9)2)14(15-5)12(4)18(6,16)17/h7-8,12,14-15H,1-6H3. The molecule has 102 valence electrons. The Morgan fingerprint density at radius 2 is 1.56 bits per heavy atom. The van der Waals surface area contributed by atoms with Crippen molar-refractivity contribution >= 4 is 9.84 Å². The van der Waals surface area contributed by atoms with Crippen LogP contribution in [0, 0.1) is 20.8 Å². The Balaban J connectivity index is 3.30. The summed E-state index contributed by atoms with van der Waals surface area (Å²) in [5.74, 6) is 0. The zero-order chi connectivity index (χ0) is 14.1. The van der Waals surface area contributed by atoms with Crippen molar-refractivity contribution < 1.29 is 8.42 Å². The molecule has 0 amide bonds. The third-order valence-electron chi connectivity index (χ3n) is 3.67. The van der Waals surface area contributed by atoms with Crippen molar-refractivity contribution in [2.45, 2.75) is 39.0 Å². The Morgan fingerprint density at radius 1 is 1.06 bits per heavy atom. The Hall–Kier alpha value is -0.870. The molecule has 18 heavy (non-hydrogen) atoms. The second-order valence-corrected chi connectivity index (χ2v) is 7.50. The smallest absolute Gasteiger partial charge is 0.151 e. The normalized spacial score (nSPS) is 15.4. The minimum atomic E-state index is -3.06. The van der Waals surface area contributed by atoms with Crippen LogP contribution in [0.2, 0.25) is 0 Å². The summed E-state index contributed by atoms with van der Waals surface area (Å²) >= 11 is 0. The molecule has 0 aliphatic heterocycles. The van der Waals surface area contributed by atoms with Crippen LogP contribution in [-0.4, -0.2) is 27.0 Å². The molecular formula is C14H23NO2S. The SMILES string of the molecule is CNC(c1cc(C)c(C)cc1C)C(C)S(C)(=O)=O. The molecule has 0 bridgehead atoms. The summed E-state index contributed by atoms with van der Waals surface area (Å²) in [6.07, 6.45) is 1.29. The van der Waals surface area contributed by atoms with Gasteiger partial charge in [0.2, 0.25) is 0 Å². The monoisotopic (exact) mass is 269 g/mol. The molecule has 1 rings (SSSR count). The minimum Gasteiger partial charge on any atom is -0.312 e. The lowest BCUT2D eigenvalue weighted by Gasteiger charge is -2.25. The first-order chi connectivity index (χ1) is 8.18. The van der Waals surface area contributed by atoms with E-state index in [9.17, 15) is 8.42 Å². The lowest BCUT2D eigenvalue weighted by molar-refractivity contribution is 0.533. The minimum absolute atomic E-state index is 0.167. The van der Waals surface area contributed by atoms with Crippen LogP contribution >= 0.6 is 0 Å². The number of aryl methyl sites for hydroxylation is 3. The van der Waals surface area contributed by atoms with Gasteiger partial charge in [-0.15, -0.1) is 0 Å². The summed E-state index contributed by atoms with van der Waals surface area (Å²) < 4.78 is 23.5. The van der Waals surface area contributed by atoms with Gasteiger partial charge in [0, 0.05) is 12.3 Å². The van der Waals surface area contributed by atoms with Crippen LogP contribution in [-0.2, 0) is 9.84 Å². The molecule has 0 aliphatic carbocycles. The van der Waals surface area contributed by atoms with E-state index in [1.165, 1.54) is 17.4 Å². The quantitative estimate of drug-likeness (QED) is 0.912. The lowest BCUT2D eigenvalue weighted by atomic mass is 9.94. The molecule has 1 aromatic rings. The summed E-state index contributed by atoms with van der Waals surface area (Å²) in [6, 6.07) is 4.04. The topological polar surface area (TPSA) is 46.2 Å². The van der Waals surface area contributed by atoms with Crippen molar-refractivity contribution in [2.24, 2.45) is 0 Å². The van der Waals surface area contributed by atoms with Crippen molar-refractivity contribution in [1.82, 2.24) is 5.32 Å². The highest BCUT2D eigenvalue weighted by Gasteiger charge is 2.27. The molecule has 3 nitrogen and oxygen atoms in total. The predicted molar refractivity (Wildman–Crippen MR) is 76.8 cm³/mol. The molecule has 0 saturated heterocycles. The molecular weight excluding hydrogens is 246 g/mol. The van der Waals surface area contributed by atoms with Gasteiger partial charge in [0.25, 0.3) is 0 Å². The number of benzene rings is 1. The highest BCUT2D eigenvalue weighted by molar-refractivity contribution is 7.91. The maximum Gasteiger partial charge on any atom is 0.151 e. The molecule has 0 saturated carbocycles. The summed E-state index contributed by atoms with van der Waals surface area (Å²) in [4.78, 5) is 0. The van der Waals surface area contributed by atoms with Gasteiger partial charge in [-0.3, -0.25) is 0 Å². The first kappa shape index (κ1) is 15.2. The van der Waals surface area contributed by atoms with E-state index in [-0.39, 0.29) is 6.04 Å². The maximum absolute atomic E-state index is 11.7. The molecule has 0 spiro atoms.